The summed E-state index contributed by atoms with van der Waals surface area (Å²) in [7, 11) is 0. The summed E-state index contributed by atoms with van der Waals surface area (Å²) < 4.78 is 5.40. The van der Waals surface area contributed by atoms with Crippen molar-refractivity contribution in [3.05, 3.63) is 58.9 Å². The maximum atomic E-state index is 9.66. The van der Waals surface area contributed by atoms with Crippen molar-refractivity contribution in [2.75, 3.05) is 13.2 Å². The summed E-state index contributed by atoms with van der Waals surface area (Å²) >= 11 is 0. The zero-order valence-electron chi connectivity index (χ0n) is 14.5. The van der Waals surface area contributed by atoms with Crippen molar-refractivity contribution in [1.29, 1.82) is 0 Å². The van der Waals surface area contributed by atoms with Crippen LogP contribution >= 0.6 is 0 Å². The van der Waals surface area contributed by atoms with Gasteiger partial charge in [-0.25, -0.2) is 4.85 Å². The number of nitrogens with zero attached hydrogens (tertiary/aromatic N) is 3. The Bertz CT molecular complexity index is 1020. The highest BCUT2D eigenvalue weighted by molar-refractivity contribution is 5.70. The van der Waals surface area contributed by atoms with Gasteiger partial charge in [0.05, 0.1) is 13.2 Å². The van der Waals surface area contributed by atoms with Crippen molar-refractivity contribution in [3.63, 3.8) is 0 Å². The number of aliphatic hydroxyl groups is 1. The fourth-order valence-corrected chi connectivity index (χ4v) is 3.51. The molecule has 1 aliphatic carbocycles. The Hall–Kier alpha value is -3.21. The first-order valence-electron chi connectivity index (χ1n) is 8.72. The van der Waals surface area contributed by atoms with Gasteiger partial charge in [0.1, 0.15) is 5.75 Å². The highest BCUT2D eigenvalue weighted by atomic mass is 16.5. The highest BCUT2D eigenvalue weighted by Crippen LogP contribution is 2.38. The first-order chi connectivity index (χ1) is 13.2. The van der Waals surface area contributed by atoms with Crippen molar-refractivity contribution < 1.29 is 14.7 Å². The summed E-state index contributed by atoms with van der Waals surface area (Å²) in [4.78, 5) is 7.78. The van der Waals surface area contributed by atoms with Gasteiger partial charge in [0, 0.05) is 23.7 Å². The van der Waals surface area contributed by atoms with Crippen LogP contribution in [0.4, 0.5) is 5.69 Å². The monoisotopic (exact) mass is 362 g/mol. The first kappa shape index (κ1) is 17.2. The zero-order valence-corrected chi connectivity index (χ0v) is 14.5. The van der Waals surface area contributed by atoms with Gasteiger partial charge < -0.3 is 20.1 Å². The fraction of sp³-hybridized carbons (Fsp3) is 0.250. The van der Waals surface area contributed by atoms with E-state index in [9.17, 15) is 5.11 Å². The van der Waals surface area contributed by atoms with E-state index in [0.717, 1.165) is 18.4 Å². The molecule has 1 atom stereocenters. The molecule has 3 aromatic rings. The number of phenolic OH excluding ortho intramolecular Hbond substituents is 1. The quantitative estimate of drug-likeness (QED) is 0.603. The van der Waals surface area contributed by atoms with Crippen LogP contribution in [0.15, 0.2) is 40.9 Å². The number of phenols is 1. The number of benzene rings is 2. The molecule has 7 nitrogen and oxygen atoms in total. The van der Waals surface area contributed by atoms with E-state index in [1.807, 2.05) is 12.1 Å². The molecule has 0 radical (unpaired) electrons. The van der Waals surface area contributed by atoms with Crippen molar-refractivity contribution in [2.24, 2.45) is 0 Å². The number of aliphatic hydroxyl groups excluding tert-OH is 1. The van der Waals surface area contributed by atoms with E-state index in [2.05, 4.69) is 26.4 Å². The molecule has 3 N–H and O–H groups in total. The third-order valence-electron chi connectivity index (χ3n) is 4.78. The second-order valence-electron chi connectivity index (χ2n) is 6.38. The predicted molar refractivity (Wildman–Crippen MR) is 99.2 cm³/mol. The molecule has 0 aliphatic heterocycles. The van der Waals surface area contributed by atoms with Gasteiger partial charge in [-0.05, 0) is 42.2 Å². The minimum atomic E-state index is -0.0733. The number of aromatic hydroxyl groups is 1. The average molecular weight is 362 g/mol. The standard InChI is InChI=1S/C20H18N4O3/c1-21-17-11-12(5-8-18(17)26)20-23-19(24-27-20)15-4-2-3-14-13(15)6-7-16(14)22-9-10-25/h2-5,8,11,16,22,25-26H,6-7,9-10H2. The molecule has 1 aromatic heterocycles. The third-order valence-corrected chi connectivity index (χ3v) is 4.78. The SMILES string of the molecule is [C-]#[N+]c1cc(-c2nc(-c3cccc4c3CCC4NCCO)no2)ccc1O. The topological polar surface area (TPSA) is 95.8 Å². The van der Waals surface area contributed by atoms with Gasteiger partial charge >= 0.3 is 0 Å². The molecule has 1 aliphatic rings. The van der Waals surface area contributed by atoms with Crippen molar-refractivity contribution in [3.8, 4) is 28.6 Å². The molecule has 0 spiro atoms. The lowest BCUT2D eigenvalue weighted by atomic mass is 10.0. The van der Waals surface area contributed by atoms with Crippen LogP contribution in [-0.2, 0) is 6.42 Å². The second kappa shape index (κ2) is 7.19. The van der Waals surface area contributed by atoms with Crippen molar-refractivity contribution in [2.45, 2.75) is 18.9 Å². The van der Waals surface area contributed by atoms with Gasteiger partial charge in [0.25, 0.3) is 5.89 Å². The van der Waals surface area contributed by atoms with Crippen LogP contribution in [0.2, 0.25) is 0 Å². The van der Waals surface area contributed by atoms with Crippen LogP contribution < -0.4 is 5.32 Å². The Kier molecular flexibility index (Phi) is 4.59. The van der Waals surface area contributed by atoms with Crippen LogP contribution in [-0.4, -0.2) is 33.5 Å². The summed E-state index contributed by atoms with van der Waals surface area (Å²) in [5.74, 6) is 0.735. The Morgan fingerprint density at radius 3 is 3.00 bits per heavy atom. The average Bonchev–Trinajstić information content (AvgIpc) is 3.34. The summed E-state index contributed by atoms with van der Waals surface area (Å²) in [6.45, 7) is 7.78. The minimum absolute atomic E-state index is 0.0733. The lowest BCUT2D eigenvalue weighted by Gasteiger charge is -2.13. The number of fused-ring (bicyclic) bond motifs is 1. The van der Waals surface area contributed by atoms with E-state index in [4.69, 9.17) is 16.2 Å². The highest BCUT2D eigenvalue weighted by Gasteiger charge is 2.26. The molecule has 27 heavy (non-hydrogen) atoms. The molecule has 0 fully saturated rings. The number of nitrogens with one attached hydrogen (secondary N) is 1. The Labute approximate surface area is 156 Å². The molecule has 2 aromatic carbocycles. The predicted octanol–water partition coefficient (Wildman–Crippen LogP) is 3.23. The van der Waals surface area contributed by atoms with E-state index in [1.54, 1.807) is 6.07 Å². The zero-order chi connectivity index (χ0) is 18.8. The Morgan fingerprint density at radius 2 is 2.19 bits per heavy atom. The molecule has 1 unspecified atom stereocenters. The van der Waals surface area contributed by atoms with Crippen molar-refractivity contribution >= 4 is 5.69 Å². The van der Waals surface area contributed by atoms with Crippen LogP contribution in [0, 0.1) is 6.57 Å². The third kappa shape index (κ3) is 3.16. The second-order valence-corrected chi connectivity index (χ2v) is 6.38. The lowest BCUT2D eigenvalue weighted by molar-refractivity contribution is 0.284. The number of rotatable bonds is 5. The van der Waals surface area contributed by atoms with E-state index in [1.165, 1.54) is 23.3 Å². The summed E-state index contributed by atoms with van der Waals surface area (Å²) in [5.41, 5.74) is 4.05. The normalized spacial score (nSPS) is 15.5. The molecule has 0 bridgehead atoms. The Morgan fingerprint density at radius 1 is 1.30 bits per heavy atom. The van der Waals surface area contributed by atoms with Gasteiger partial charge in [-0.15, -0.1) is 0 Å². The van der Waals surface area contributed by atoms with E-state index >= 15 is 0 Å². The van der Waals surface area contributed by atoms with Gasteiger partial charge in [-0.1, -0.05) is 23.4 Å². The largest absolute Gasteiger partial charge is 0.519 e. The van der Waals surface area contributed by atoms with E-state index < -0.39 is 0 Å². The number of hydrogen-bond donors (Lipinski definition) is 3. The van der Waals surface area contributed by atoms with Gasteiger partial charge in [0.2, 0.25) is 11.5 Å². The lowest BCUT2D eigenvalue weighted by Crippen LogP contribution is -2.22. The number of aromatic nitrogens is 2. The van der Waals surface area contributed by atoms with E-state index in [-0.39, 0.29) is 24.1 Å². The smallest absolute Gasteiger partial charge is 0.256 e. The molecule has 0 saturated carbocycles. The van der Waals surface area contributed by atoms with Crippen LogP contribution in [0.25, 0.3) is 27.7 Å². The summed E-state index contributed by atoms with van der Waals surface area (Å²) in [5, 5.41) is 26.2. The molecule has 1 heterocycles. The summed E-state index contributed by atoms with van der Waals surface area (Å²) in [6.07, 6.45) is 1.86. The van der Waals surface area contributed by atoms with Gasteiger partial charge in [-0.2, -0.15) is 4.98 Å². The van der Waals surface area contributed by atoms with E-state index in [0.29, 0.717) is 23.8 Å². The fourth-order valence-electron chi connectivity index (χ4n) is 3.51. The molecular weight excluding hydrogens is 344 g/mol. The summed E-state index contributed by atoms with van der Waals surface area (Å²) in [6, 6.07) is 10.9. The molecule has 0 saturated heterocycles. The maximum Gasteiger partial charge on any atom is 0.256 e. The molecule has 4 rings (SSSR count). The molecule has 0 amide bonds. The van der Waals surface area contributed by atoms with Gasteiger partial charge in [-0.3, -0.25) is 0 Å². The molecule has 7 heteroatoms. The number of hydrogen-bond acceptors (Lipinski definition) is 6. The maximum absolute atomic E-state index is 9.66. The van der Waals surface area contributed by atoms with Crippen molar-refractivity contribution in [1.82, 2.24) is 15.5 Å². The van der Waals surface area contributed by atoms with Gasteiger partial charge in [0.15, 0.2) is 0 Å². The van der Waals surface area contributed by atoms with Crippen LogP contribution in [0.1, 0.15) is 23.6 Å². The Balaban J connectivity index is 1.67. The van der Waals surface area contributed by atoms with Crippen LogP contribution in [0.5, 0.6) is 5.75 Å². The molecular formula is C20H18N4O3. The van der Waals surface area contributed by atoms with Crippen LogP contribution in [0.3, 0.4) is 0 Å². The minimum Gasteiger partial charge on any atom is -0.519 e. The first-order valence-corrected chi connectivity index (χ1v) is 8.72. The molecule has 136 valence electrons.